The third-order valence-electron chi connectivity index (χ3n) is 3.68. The zero-order valence-electron chi connectivity index (χ0n) is 12.4. The van der Waals surface area contributed by atoms with E-state index >= 15 is 0 Å². The van der Waals surface area contributed by atoms with Crippen molar-refractivity contribution in [1.82, 2.24) is 9.88 Å². The SMILES string of the molecule is O=C(CCN1CCCC1=O)Nc1nc(-c2ccccc2Cl)cs1. The number of amides is 2. The van der Waals surface area contributed by atoms with Gasteiger partial charge in [0, 0.05) is 41.9 Å². The lowest BCUT2D eigenvalue weighted by Crippen LogP contribution is -2.28. The molecule has 1 aliphatic heterocycles. The van der Waals surface area contributed by atoms with E-state index in [-0.39, 0.29) is 18.2 Å². The summed E-state index contributed by atoms with van der Waals surface area (Å²) >= 11 is 7.51. The lowest BCUT2D eigenvalue weighted by Gasteiger charge is -2.14. The zero-order valence-corrected chi connectivity index (χ0v) is 14.0. The van der Waals surface area contributed by atoms with Crippen LogP contribution in [0.15, 0.2) is 29.6 Å². The van der Waals surface area contributed by atoms with Gasteiger partial charge in [0.2, 0.25) is 11.8 Å². The van der Waals surface area contributed by atoms with Crippen LogP contribution < -0.4 is 5.32 Å². The first-order valence-electron chi connectivity index (χ1n) is 7.41. The molecule has 120 valence electrons. The number of nitrogens with zero attached hydrogens (tertiary/aromatic N) is 2. The topological polar surface area (TPSA) is 62.3 Å². The van der Waals surface area contributed by atoms with Crippen molar-refractivity contribution in [2.24, 2.45) is 0 Å². The minimum atomic E-state index is -0.134. The maximum Gasteiger partial charge on any atom is 0.227 e. The van der Waals surface area contributed by atoms with Crippen molar-refractivity contribution in [3.63, 3.8) is 0 Å². The van der Waals surface area contributed by atoms with Crippen molar-refractivity contribution in [2.45, 2.75) is 19.3 Å². The van der Waals surface area contributed by atoms with Gasteiger partial charge in [0.05, 0.1) is 5.69 Å². The summed E-state index contributed by atoms with van der Waals surface area (Å²) < 4.78 is 0. The maximum absolute atomic E-state index is 12.0. The molecule has 1 fully saturated rings. The van der Waals surface area contributed by atoms with Gasteiger partial charge in [-0.15, -0.1) is 11.3 Å². The number of aromatic nitrogens is 1. The van der Waals surface area contributed by atoms with Gasteiger partial charge in [-0.3, -0.25) is 9.59 Å². The molecule has 1 aromatic heterocycles. The average Bonchev–Trinajstić information content (AvgIpc) is 3.15. The van der Waals surface area contributed by atoms with Crippen molar-refractivity contribution in [3.8, 4) is 11.3 Å². The molecule has 0 saturated carbocycles. The number of nitrogens with one attached hydrogen (secondary N) is 1. The number of thiazole rings is 1. The summed E-state index contributed by atoms with van der Waals surface area (Å²) in [6.07, 6.45) is 1.76. The molecular weight excluding hydrogens is 334 g/mol. The normalized spacial score (nSPS) is 14.3. The van der Waals surface area contributed by atoms with Crippen LogP contribution in [-0.2, 0) is 9.59 Å². The van der Waals surface area contributed by atoms with Crippen LogP contribution in [-0.4, -0.2) is 34.8 Å². The number of carbonyl (C=O) groups is 2. The van der Waals surface area contributed by atoms with Gasteiger partial charge in [-0.2, -0.15) is 0 Å². The maximum atomic E-state index is 12.0. The van der Waals surface area contributed by atoms with Crippen LogP contribution in [0.2, 0.25) is 5.02 Å². The second kappa shape index (κ2) is 7.10. The van der Waals surface area contributed by atoms with Gasteiger partial charge >= 0.3 is 0 Å². The number of likely N-dealkylation sites (tertiary alicyclic amines) is 1. The molecule has 2 aromatic rings. The van der Waals surface area contributed by atoms with Crippen LogP contribution in [0.1, 0.15) is 19.3 Å². The van der Waals surface area contributed by atoms with Gasteiger partial charge in [-0.1, -0.05) is 29.8 Å². The van der Waals surface area contributed by atoms with Gasteiger partial charge in [-0.25, -0.2) is 4.98 Å². The van der Waals surface area contributed by atoms with E-state index in [1.54, 1.807) is 4.90 Å². The summed E-state index contributed by atoms with van der Waals surface area (Å²) in [6, 6.07) is 7.45. The highest BCUT2D eigenvalue weighted by Crippen LogP contribution is 2.30. The number of rotatable bonds is 5. The predicted molar refractivity (Wildman–Crippen MR) is 91.6 cm³/mol. The molecule has 7 heteroatoms. The molecule has 1 saturated heterocycles. The number of hydrogen-bond acceptors (Lipinski definition) is 4. The summed E-state index contributed by atoms with van der Waals surface area (Å²) in [6.45, 7) is 1.22. The first-order valence-corrected chi connectivity index (χ1v) is 8.67. The average molecular weight is 350 g/mol. The van der Waals surface area contributed by atoms with E-state index in [4.69, 9.17) is 11.6 Å². The highest BCUT2D eigenvalue weighted by atomic mass is 35.5. The van der Waals surface area contributed by atoms with Crippen LogP contribution in [0, 0.1) is 0 Å². The molecule has 2 amide bonds. The molecule has 1 aromatic carbocycles. The molecular formula is C16H16ClN3O2S. The third-order valence-corrected chi connectivity index (χ3v) is 4.77. The number of anilines is 1. The van der Waals surface area contributed by atoms with Gasteiger partial charge in [-0.05, 0) is 12.5 Å². The Balaban J connectivity index is 1.57. The minimum absolute atomic E-state index is 0.132. The van der Waals surface area contributed by atoms with E-state index in [0.717, 1.165) is 24.2 Å². The Morgan fingerprint density at radius 2 is 2.22 bits per heavy atom. The quantitative estimate of drug-likeness (QED) is 0.899. The molecule has 0 radical (unpaired) electrons. The monoisotopic (exact) mass is 349 g/mol. The minimum Gasteiger partial charge on any atom is -0.342 e. The molecule has 0 atom stereocenters. The smallest absolute Gasteiger partial charge is 0.227 e. The second-order valence-corrected chi connectivity index (χ2v) is 6.57. The lowest BCUT2D eigenvalue weighted by molar-refractivity contribution is -0.128. The number of carbonyl (C=O) groups excluding carboxylic acids is 2. The largest absolute Gasteiger partial charge is 0.342 e. The molecule has 1 aliphatic rings. The first kappa shape index (κ1) is 16.0. The number of halogens is 1. The van der Waals surface area contributed by atoms with Gasteiger partial charge < -0.3 is 10.2 Å². The van der Waals surface area contributed by atoms with Crippen LogP contribution in [0.5, 0.6) is 0 Å². The Labute approximate surface area is 143 Å². The lowest BCUT2D eigenvalue weighted by atomic mass is 10.2. The van der Waals surface area contributed by atoms with Gasteiger partial charge in [0.1, 0.15) is 0 Å². The molecule has 0 bridgehead atoms. The van der Waals surface area contributed by atoms with Gasteiger partial charge in [0.15, 0.2) is 5.13 Å². The summed E-state index contributed by atoms with van der Waals surface area (Å²) in [4.78, 5) is 29.6. The highest BCUT2D eigenvalue weighted by Gasteiger charge is 2.20. The standard InChI is InChI=1S/C16H16ClN3O2S/c17-12-5-2-1-4-11(12)13-10-23-16(18-13)19-14(21)7-9-20-8-3-6-15(20)22/h1-2,4-5,10H,3,6-9H2,(H,18,19,21). The van der Waals surface area contributed by atoms with Crippen LogP contribution >= 0.6 is 22.9 Å². The van der Waals surface area contributed by atoms with E-state index in [2.05, 4.69) is 10.3 Å². The molecule has 2 heterocycles. The van der Waals surface area contributed by atoms with E-state index in [9.17, 15) is 9.59 Å². The molecule has 1 N–H and O–H groups in total. The van der Waals surface area contributed by atoms with E-state index in [1.165, 1.54) is 11.3 Å². The number of benzene rings is 1. The van der Waals surface area contributed by atoms with E-state index in [1.807, 2.05) is 29.6 Å². The Morgan fingerprint density at radius 3 is 2.96 bits per heavy atom. The summed E-state index contributed by atoms with van der Waals surface area (Å²) in [5, 5.41) is 5.81. The first-order chi connectivity index (χ1) is 11.1. The molecule has 0 unspecified atom stereocenters. The summed E-state index contributed by atoms with van der Waals surface area (Å²) in [5.41, 5.74) is 1.58. The van der Waals surface area contributed by atoms with Crippen molar-refractivity contribution < 1.29 is 9.59 Å². The molecule has 5 nitrogen and oxygen atoms in total. The summed E-state index contributed by atoms with van der Waals surface area (Å²) in [5.74, 6) is -0.00203. The Bertz CT molecular complexity index is 732. The molecule has 23 heavy (non-hydrogen) atoms. The van der Waals surface area contributed by atoms with Gasteiger partial charge in [0.25, 0.3) is 0 Å². The molecule has 0 spiro atoms. The highest BCUT2D eigenvalue weighted by molar-refractivity contribution is 7.14. The fourth-order valence-corrected chi connectivity index (χ4v) is 3.44. The fraction of sp³-hybridized carbons (Fsp3) is 0.312. The van der Waals surface area contributed by atoms with Crippen molar-refractivity contribution in [1.29, 1.82) is 0 Å². The predicted octanol–water partition coefficient (Wildman–Crippen LogP) is 3.41. The Kier molecular flexibility index (Phi) is 4.93. The Hall–Kier alpha value is -1.92. The van der Waals surface area contributed by atoms with E-state index in [0.29, 0.717) is 23.1 Å². The van der Waals surface area contributed by atoms with Crippen molar-refractivity contribution >= 4 is 39.9 Å². The molecule has 3 rings (SSSR count). The zero-order chi connectivity index (χ0) is 16.2. The summed E-state index contributed by atoms with van der Waals surface area (Å²) in [7, 11) is 0. The van der Waals surface area contributed by atoms with E-state index < -0.39 is 0 Å². The third kappa shape index (κ3) is 3.89. The van der Waals surface area contributed by atoms with Crippen LogP contribution in [0.4, 0.5) is 5.13 Å². The van der Waals surface area contributed by atoms with Crippen LogP contribution in [0.25, 0.3) is 11.3 Å². The van der Waals surface area contributed by atoms with Crippen molar-refractivity contribution in [3.05, 3.63) is 34.7 Å². The second-order valence-electron chi connectivity index (χ2n) is 5.30. The Morgan fingerprint density at radius 1 is 1.39 bits per heavy atom. The van der Waals surface area contributed by atoms with Crippen LogP contribution in [0.3, 0.4) is 0 Å². The van der Waals surface area contributed by atoms with Crippen molar-refractivity contribution in [2.75, 3.05) is 18.4 Å². The molecule has 0 aliphatic carbocycles. The fourth-order valence-electron chi connectivity index (χ4n) is 2.48. The number of hydrogen-bond donors (Lipinski definition) is 1.